The van der Waals surface area contributed by atoms with Gasteiger partial charge in [-0.3, -0.25) is 0 Å². The number of halogens is 2. The molecule has 0 aliphatic carbocycles. The maximum atomic E-state index is 12.2. The SMILES string of the molecule is CC(C)(CCCO)CNS(=O)(=O)c1cc(Cl)cc(Cl)c1. The molecule has 4 nitrogen and oxygen atoms in total. The van der Waals surface area contributed by atoms with Gasteiger partial charge in [0.25, 0.3) is 0 Å². The number of hydrogen-bond donors (Lipinski definition) is 2. The van der Waals surface area contributed by atoms with E-state index in [1.54, 1.807) is 0 Å². The summed E-state index contributed by atoms with van der Waals surface area (Å²) < 4.78 is 26.9. The molecule has 7 heteroatoms. The van der Waals surface area contributed by atoms with Gasteiger partial charge < -0.3 is 5.11 Å². The molecule has 0 radical (unpaired) electrons. The highest BCUT2D eigenvalue weighted by atomic mass is 35.5. The molecule has 0 heterocycles. The van der Waals surface area contributed by atoms with Crippen LogP contribution in [0.4, 0.5) is 0 Å². The fourth-order valence-corrected chi connectivity index (χ4v) is 3.67. The summed E-state index contributed by atoms with van der Waals surface area (Å²) in [5, 5.41) is 9.38. The zero-order valence-corrected chi connectivity index (χ0v) is 13.8. The predicted molar refractivity (Wildman–Crippen MR) is 81.8 cm³/mol. The van der Waals surface area contributed by atoms with E-state index < -0.39 is 10.0 Å². The molecule has 114 valence electrons. The van der Waals surface area contributed by atoms with Crippen molar-refractivity contribution in [2.45, 2.75) is 31.6 Å². The van der Waals surface area contributed by atoms with Crippen molar-refractivity contribution >= 4 is 33.2 Å². The van der Waals surface area contributed by atoms with E-state index in [0.29, 0.717) is 6.42 Å². The number of benzene rings is 1. The second-order valence-electron chi connectivity index (χ2n) is 5.42. The van der Waals surface area contributed by atoms with Crippen LogP contribution >= 0.6 is 23.2 Å². The zero-order valence-electron chi connectivity index (χ0n) is 11.5. The van der Waals surface area contributed by atoms with Gasteiger partial charge in [-0.15, -0.1) is 0 Å². The Kier molecular flexibility index (Phi) is 6.28. The van der Waals surface area contributed by atoms with Gasteiger partial charge in [0.15, 0.2) is 0 Å². The molecule has 0 bridgehead atoms. The molecule has 20 heavy (non-hydrogen) atoms. The van der Waals surface area contributed by atoms with E-state index in [0.717, 1.165) is 6.42 Å². The van der Waals surface area contributed by atoms with Crippen molar-refractivity contribution in [2.24, 2.45) is 5.41 Å². The standard InChI is InChI=1S/C13H19Cl2NO3S/c1-13(2,4-3-5-17)9-16-20(18,19)12-7-10(14)6-11(15)8-12/h6-8,16-17H,3-5,9H2,1-2H3. The predicted octanol–water partition coefficient (Wildman–Crippen LogP) is 3.07. The summed E-state index contributed by atoms with van der Waals surface area (Å²) >= 11 is 11.6. The summed E-state index contributed by atoms with van der Waals surface area (Å²) in [5.41, 5.74) is -0.238. The topological polar surface area (TPSA) is 66.4 Å². The fourth-order valence-electron chi connectivity index (χ4n) is 1.70. The number of aliphatic hydroxyl groups excluding tert-OH is 1. The lowest BCUT2D eigenvalue weighted by molar-refractivity contribution is 0.242. The van der Waals surface area contributed by atoms with Crippen LogP contribution in [0.1, 0.15) is 26.7 Å². The highest BCUT2D eigenvalue weighted by molar-refractivity contribution is 7.89. The lowest BCUT2D eigenvalue weighted by atomic mass is 9.88. The lowest BCUT2D eigenvalue weighted by Gasteiger charge is -2.24. The molecule has 0 amide bonds. The summed E-state index contributed by atoms with van der Waals surface area (Å²) in [6.07, 6.45) is 1.36. The van der Waals surface area contributed by atoms with Crippen LogP contribution in [0.25, 0.3) is 0 Å². The fraction of sp³-hybridized carbons (Fsp3) is 0.538. The minimum absolute atomic E-state index is 0.0490. The van der Waals surface area contributed by atoms with E-state index in [9.17, 15) is 8.42 Å². The van der Waals surface area contributed by atoms with Gasteiger partial charge in [0.2, 0.25) is 10.0 Å². The van der Waals surface area contributed by atoms with Crippen molar-refractivity contribution in [3.8, 4) is 0 Å². The normalized spacial score (nSPS) is 12.7. The quantitative estimate of drug-likeness (QED) is 0.802. The van der Waals surface area contributed by atoms with E-state index in [1.807, 2.05) is 13.8 Å². The van der Waals surface area contributed by atoms with E-state index in [2.05, 4.69) is 4.72 Å². The average Bonchev–Trinajstić information content (AvgIpc) is 2.33. The number of sulfonamides is 1. The molecule has 2 N–H and O–H groups in total. The lowest BCUT2D eigenvalue weighted by Crippen LogP contribution is -2.34. The third-order valence-corrected chi connectivity index (χ3v) is 4.72. The Labute approximate surface area is 130 Å². The van der Waals surface area contributed by atoms with Gasteiger partial charge in [-0.25, -0.2) is 13.1 Å². The van der Waals surface area contributed by atoms with Crippen molar-refractivity contribution in [3.05, 3.63) is 28.2 Å². The van der Waals surface area contributed by atoms with Gasteiger partial charge in [0.05, 0.1) is 4.90 Å². The molecule has 1 aromatic carbocycles. The van der Waals surface area contributed by atoms with Gasteiger partial charge in [0, 0.05) is 23.2 Å². The monoisotopic (exact) mass is 339 g/mol. The van der Waals surface area contributed by atoms with Crippen LogP contribution in [0.15, 0.2) is 23.1 Å². The van der Waals surface area contributed by atoms with Crippen LogP contribution in [-0.2, 0) is 10.0 Å². The number of aliphatic hydroxyl groups is 1. The van der Waals surface area contributed by atoms with Gasteiger partial charge in [-0.05, 0) is 36.5 Å². The molecule has 0 saturated carbocycles. The first kappa shape index (κ1) is 17.7. The summed E-state index contributed by atoms with van der Waals surface area (Å²) in [6.45, 7) is 4.26. The van der Waals surface area contributed by atoms with E-state index in [-0.39, 0.29) is 33.5 Å². The van der Waals surface area contributed by atoms with Crippen LogP contribution in [0.3, 0.4) is 0 Å². The molecule has 0 fully saturated rings. The molecular formula is C13H19Cl2NO3S. The van der Waals surface area contributed by atoms with E-state index in [4.69, 9.17) is 28.3 Å². The number of hydrogen-bond acceptors (Lipinski definition) is 3. The molecule has 0 aromatic heterocycles. The first-order chi connectivity index (χ1) is 9.16. The first-order valence-electron chi connectivity index (χ1n) is 6.23. The Balaban J connectivity index is 2.80. The zero-order chi connectivity index (χ0) is 15.4. The van der Waals surface area contributed by atoms with Crippen molar-refractivity contribution in [1.82, 2.24) is 4.72 Å². The second-order valence-corrected chi connectivity index (χ2v) is 8.06. The number of rotatable bonds is 7. The summed E-state index contributed by atoms with van der Waals surface area (Å²) in [4.78, 5) is 0.0490. The van der Waals surface area contributed by atoms with E-state index in [1.165, 1.54) is 18.2 Å². The first-order valence-corrected chi connectivity index (χ1v) is 8.47. The van der Waals surface area contributed by atoms with E-state index >= 15 is 0 Å². The van der Waals surface area contributed by atoms with Crippen LogP contribution in [0, 0.1) is 5.41 Å². The third kappa shape index (κ3) is 5.58. The maximum absolute atomic E-state index is 12.2. The van der Waals surface area contributed by atoms with Crippen molar-refractivity contribution in [2.75, 3.05) is 13.2 Å². The van der Waals surface area contributed by atoms with Crippen LogP contribution in [-0.4, -0.2) is 26.7 Å². The Hall–Kier alpha value is -0.330. The van der Waals surface area contributed by atoms with Gasteiger partial charge in [-0.1, -0.05) is 37.0 Å². The van der Waals surface area contributed by atoms with Gasteiger partial charge >= 0.3 is 0 Å². The van der Waals surface area contributed by atoms with Crippen molar-refractivity contribution in [3.63, 3.8) is 0 Å². The molecule has 0 aliphatic heterocycles. The Bertz CT molecular complexity index is 538. The number of nitrogens with one attached hydrogen (secondary N) is 1. The Morgan fingerprint density at radius 3 is 2.25 bits per heavy atom. The summed E-state index contributed by atoms with van der Waals surface area (Å²) in [7, 11) is -3.64. The molecular weight excluding hydrogens is 321 g/mol. The molecule has 0 spiro atoms. The minimum atomic E-state index is -3.64. The van der Waals surface area contributed by atoms with Gasteiger partial charge in [0.1, 0.15) is 0 Å². The average molecular weight is 340 g/mol. The molecule has 0 saturated heterocycles. The molecule has 0 unspecified atom stereocenters. The van der Waals surface area contributed by atoms with Crippen molar-refractivity contribution < 1.29 is 13.5 Å². The maximum Gasteiger partial charge on any atom is 0.240 e. The summed E-state index contributed by atoms with van der Waals surface area (Å²) in [5.74, 6) is 0. The van der Waals surface area contributed by atoms with Crippen LogP contribution < -0.4 is 4.72 Å². The molecule has 1 aromatic rings. The smallest absolute Gasteiger partial charge is 0.240 e. The second kappa shape index (κ2) is 7.09. The van der Waals surface area contributed by atoms with Gasteiger partial charge in [-0.2, -0.15) is 0 Å². The molecule has 0 aliphatic rings. The van der Waals surface area contributed by atoms with Crippen LogP contribution in [0.2, 0.25) is 10.0 Å². The highest BCUT2D eigenvalue weighted by Crippen LogP contribution is 2.24. The largest absolute Gasteiger partial charge is 0.396 e. The highest BCUT2D eigenvalue weighted by Gasteiger charge is 2.22. The molecule has 0 atom stereocenters. The molecule has 1 rings (SSSR count). The Morgan fingerprint density at radius 2 is 1.75 bits per heavy atom. The summed E-state index contributed by atoms with van der Waals surface area (Å²) in [6, 6.07) is 4.19. The van der Waals surface area contributed by atoms with Crippen LogP contribution in [0.5, 0.6) is 0 Å². The van der Waals surface area contributed by atoms with Crippen molar-refractivity contribution in [1.29, 1.82) is 0 Å². The minimum Gasteiger partial charge on any atom is -0.396 e. The Morgan fingerprint density at radius 1 is 1.20 bits per heavy atom. The third-order valence-electron chi connectivity index (χ3n) is 2.90.